The SMILES string of the molecule is CC(C)(C)[C@H](NC(=O)C#Cc1ccccc1)C(=O)O. The molecule has 1 atom stereocenters. The van der Waals surface area contributed by atoms with Crippen LogP contribution in [0.15, 0.2) is 30.3 Å². The Morgan fingerprint density at radius 1 is 1.21 bits per heavy atom. The molecule has 1 amide bonds. The van der Waals surface area contributed by atoms with E-state index in [1.54, 1.807) is 32.9 Å². The number of aliphatic carboxylic acids is 1. The van der Waals surface area contributed by atoms with Crippen LogP contribution in [0.5, 0.6) is 0 Å². The van der Waals surface area contributed by atoms with E-state index in [0.717, 1.165) is 0 Å². The standard InChI is InChI=1S/C15H17NO3/c1-15(2,3)13(14(18)19)16-12(17)10-9-11-7-5-4-6-8-11/h4-8,13H,1-3H3,(H,16,17)(H,18,19)/t13-/m1/s1. The minimum Gasteiger partial charge on any atom is -0.480 e. The maximum absolute atomic E-state index is 11.6. The Bertz CT molecular complexity index is 518. The van der Waals surface area contributed by atoms with Crippen LogP contribution in [0.25, 0.3) is 0 Å². The smallest absolute Gasteiger partial charge is 0.326 e. The van der Waals surface area contributed by atoms with Gasteiger partial charge in [-0.2, -0.15) is 0 Å². The van der Waals surface area contributed by atoms with Crippen LogP contribution >= 0.6 is 0 Å². The van der Waals surface area contributed by atoms with Crippen LogP contribution in [0.3, 0.4) is 0 Å². The predicted octanol–water partition coefficient (Wildman–Crippen LogP) is 1.65. The van der Waals surface area contributed by atoms with E-state index in [-0.39, 0.29) is 0 Å². The zero-order chi connectivity index (χ0) is 14.5. The highest BCUT2D eigenvalue weighted by Gasteiger charge is 2.32. The van der Waals surface area contributed by atoms with E-state index >= 15 is 0 Å². The first-order valence-electron chi connectivity index (χ1n) is 5.91. The molecular formula is C15H17NO3. The number of hydrogen-bond donors (Lipinski definition) is 2. The van der Waals surface area contributed by atoms with Gasteiger partial charge in [-0.3, -0.25) is 4.79 Å². The second-order valence-corrected chi connectivity index (χ2v) is 5.23. The molecule has 1 aromatic carbocycles. The minimum atomic E-state index is -1.07. The van der Waals surface area contributed by atoms with Crippen molar-refractivity contribution in [1.29, 1.82) is 0 Å². The molecule has 0 aliphatic rings. The Kier molecular flexibility index (Phi) is 4.71. The van der Waals surface area contributed by atoms with Crippen LogP contribution in [0.1, 0.15) is 26.3 Å². The number of nitrogens with one attached hydrogen (secondary N) is 1. The summed E-state index contributed by atoms with van der Waals surface area (Å²) in [4.78, 5) is 22.7. The van der Waals surface area contributed by atoms with E-state index in [0.29, 0.717) is 5.56 Å². The van der Waals surface area contributed by atoms with Crippen LogP contribution < -0.4 is 5.32 Å². The first kappa shape index (κ1) is 14.8. The van der Waals surface area contributed by atoms with Crippen LogP contribution in [-0.4, -0.2) is 23.0 Å². The van der Waals surface area contributed by atoms with E-state index in [1.807, 2.05) is 18.2 Å². The van der Waals surface area contributed by atoms with Crippen molar-refractivity contribution in [2.24, 2.45) is 5.41 Å². The summed E-state index contributed by atoms with van der Waals surface area (Å²) in [5.74, 6) is 3.42. The quantitative estimate of drug-likeness (QED) is 0.794. The van der Waals surface area contributed by atoms with Gasteiger partial charge in [-0.05, 0) is 17.5 Å². The van der Waals surface area contributed by atoms with Gasteiger partial charge >= 0.3 is 5.97 Å². The molecule has 0 aliphatic carbocycles. The molecule has 0 bridgehead atoms. The minimum absolute atomic E-state index is 0.573. The lowest BCUT2D eigenvalue weighted by Crippen LogP contribution is -2.48. The Hall–Kier alpha value is -2.28. The molecule has 0 saturated carbocycles. The lowest BCUT2D eigenvalue weighted by atomic mass is 9.87. The summed E-state index contributed by atoms with van der Waals surface area (Å²) < 4.78 is 0. The number of carbonyl (C=O) groups excluding carboxylic acids is 1. The summed E-state index contributed by atoms with van der Waals surface area (Å²) in [6.45, 7) is 5.24. The van der Waals surface area contributed by atoms with Gasteiger partial charge in [0.1, 0.15) is 6.04 Å². The fourth-order valence-corrected chi connectivity index (χ4v) is 1.47. The third kappa shape index (κ3) is 4.84. The van der Waals surface area contributed by atoms with Gasteiger partial charge < -0.3 is 10.4 Å². The molecule has 0 aromatic heterocycles. The number of carboxylic acid groups (broad SMARTS) is 1. The molecule has 0 heterocycles. The molecule has 100 valence electrons. The van der Waals surface area contributed by atoms with Crippen molar-refractivity contribution < 1.29 is 14.7 Å². The average Bonchev–Trinajstić information content (AvgIpc) is 2.33. The summed E-state index contributed by atoms with van der Waals surface area (Å²) >= 11 is 0. The highest BCUT2D eigenvalue weighted by atomic mass is 16.4. The highest BCUT2D eigenvalue weighted by molar-refractivity contribution is 5.96. The van der Waals surface area contributed by atoms with Crippen LogP contribution in [0, 0.1) is 17.3 Å². The Balaban J connectivity index is 2.75. The fraction of sp³-hybridized carbons (Fsp3) is 0.333. The van der Waals surface area contributed by atoms with E-state index in [9.17, 15) is 9.59 Å². The van der Waals surface area contributed by atoms with Crippen molar-refractivity contribution in [2.75, 3.05) is 0 Å². The zero-order valence-electron chi connectivity index (χ0n) is 11.2. The largest absolute Gasteiger partial charge is 0.480 e. The molecule has 19 heavy (non-hydrogen) atoms. The molecule has 0 saturated heterocycles. The topological polar surface area (TPSA) is 66.4 Å². The summed E-state index contributed by atoms with van der Waals surface area (Å²) in [6, 6.07) is 8.07. The Morgan fingerprint density at radius 2 is 1.79 bits per heavy atom. The van der Waals surface area contributed by atoms with Gasteiger partial charge in [0.15, 0.2) is 0 Å². The normalized spacial score (nSPS) is 11.9. The molecule has 0 fully saturated rings. The number of hydrogen-bond acceptors (Lipinski definition) is 2. The first-order valence-corrected chi connectivity index (χ1v) is 5.91. The molecule has 0 radical (unpaired) electrons. The second kappa shape index (κ2) is 6.05. The van der Waals surface area contributed by atoms with Gasteiger partial charge in [-0.25, -0.2) is 4.79 Å². The Morgan fingerprint density at radius 3 is 2.26 bits per heavy atom. The number of amides is 1. The van der Waals surface area contributed by atoms with Crippen molar-refractivity contribution in [3.63, 3.8) is 0 Å². The van der Waals surface area contributed by atoms with Crippen LogP contribution in [0.4, 0.5) is 0 Å². The fourth-order valence-electron chi connectivity index (χ4n) is 1.47. The molecule has 1 rings (SSSR count). The van der Waals surface area contributed by atoms with Crippen molar-refractivity contribution in [1.82, 2.24) is 5.32 Å². The van der Waals surface area contributed by atoms with Crippen LogP contribution in [-0.2, 0) is 9.59 Å². The van der Waals surface area contributed by atoms with Gasteiger partial charge in [0.25, 0.3) is 5.91 Å². The summed E-state index contributed by atoms with van der Waals surface area (Å²) in [7, 11) is 0. The van der Waals surface area contributed by atoms with Gasteiger partial charge in [-0.15, -0.1) is 0 Å². The molecule has 1 aromatic rings. The number of benzene rings is 1. The lowest BCUT2D eigenvalue weighted by Gasteiger charge is -2.26. The molecule has 0 unspecified atom stereocenters. The van der Waals surface area contributed by atoms with Gasteiger partial charge in [-0.1, -0.05) is 44.9 Å². The predicted molar refractivity (Wildman–Crippen MR) is 72.3 cm³/mol. The number of carboxylic acids is 1. The molecule has 2 N–H and O–H groups in total. The van der Waals surface area contributed by atoms with E-state index in [2.05, 4.69) is 17.2 Å². The average molecular weight is 259 g/mol. The summed E-state index contributed by atoms with van der Waals surface area (Å²) in [5, 5.41) is 11.5. The van der Waals surface area contributed by atoms with Gasteiger partial charge in [0, 0.05) is 11.5 Å². The van der Waals surface area contributed by atoms with Crippen LogP contribution in [0.2, 0.25) is 0 Å². The van der Waals surface area contributed by atoms with Crippen molar-refractivity contribution in [2.45, 2.75) is 26.8 Å². The Labute approximate surface area is 112 Å². The summed E-state index contributed by atoms with van der Waals surface area (Å²) in [6.07, 6.45) is 0. The van der Waals surface area contributed by atoms with E-state index < -0.39 is 23.3 Å². The molecule has 0 spiro atoms. The maximum atomic E-state index is 11.6. The second-order valence-electron chi connectivity index (χ2n) is 5.23. The van der Waals surface area contributed by atoms with Crippen molar-refractivity contribution >= 4 is 11.9 Å². The molecule has 4 heteroatoms. The third-order valence-electron chi connectivity index (χ3n) is 2.48. The summed E-state index contributed by atoms with van der Waals surface area (Å²) in [5.41, 5.74) is 0.135. The van der Waals surface area contributed by atoms with Crippen molar-refractivity contribution in [3.8, 4) is 11.8 Å². The maximum Gasteiger partial charge on any atom is 0.326 e. The highest BCUT2D eigenvalue weighted by Crippen LogP contribution is 2.19. The lowest BCUT2D eigenvalue weighted by molar-refractivity contribution is -0.144. The number of rotatable bonds is 2. The zero-order valence-corrected chi connectivity index (χ0v) is 11.2. The molecule has 4 nitrogen and oxygen atoms in total. The molecule has 0 aliphatic heterocycles. The monoisotopic (exact) mass is 259 g/mol. The van der Waals surface area contributed by atoms with Crippen molar-refractivity contribution in [3.05, 3.63) is 35.9 Å². The number of carbonyl (C=O) groups is 2. The van der Waals surface area contributed by atoms with E-state index in [4.69, 9.17) is 5.11 Å². The third-order valence-corrected chi connectivity index (χ3v) is 2.48. The van der Waals surface area contributed by atoms with E-state index in [1.165, 1.54) is 0 Å². The first-order chi connectivity index (χ1) is 8.80. The van der Waals surface area contributed by atoms with Gasteiger partial charge in [0.05, 0.1) is 0 Å². The van der Waals surface area contributed by atoms with Gasteiger partial charge in [0.2, 0.25) is 0 Å². The molecular weight excluding hydrogens is 242 g/mol.